The fraction of sp³-hybridized carbons (Fsp3) is 0.600. The lowest BCUT2D eigenvalue weighted by Crippen LogP contribution is -2.56. The topological polar surface area (TPSA) is 65.1 Å². The Labute approximate surface area is 165 Å². The van der Waals surface area contributed by atoms with E-state index in [4.69, 9.17) is 14.3 Å². The number of nitrogens with zero attached hydrogens (tertiary/aromatic N) is 1. The van der Waals surface area contributed by atoms with Gasteiger partial charge in [-0.25, -0.2) is 5.06 Å². The second kappa shape index (κ2) is 7.28. The van der Waals surface area contributed by atoms with Crippen LogP contribution in [0.2, 0.25) is 0 Å². The lowest BCUT2D eigenvalue weighted by Gasteiger charge is -2.42. The van der Waals surface area contributed by atoms with Crippen molar-refractivity contribution in [2.75, 3.05) is 6.61 Å². The molecule has 2 heterocycles. The van der Waals surface area contributed by atoms with Crippen molar-refractivity contribution in [1.82, 2.24) is 5.06 Å². The Balaban J connectivity index is 1.51. The molecule has 158 valence electrons. The fourth-order valence-corrected chi connectivity index (χ4v) is 4.09. The molecule has 1 amide bonds. The molecular formula is C20H22F3NO5. The SMILES string of the molecule is CC(=O)OC1CC[C@@](C(=O)N2Cc3cc(C(F)(F)F)ccc3CO2)(C2CC2)OC1. The number of hydrogen-bond donors (Lipinski definition) is 0. The van der Waals surface area contributed by atoms with Gasteiger partial charge in [-0.3, -0.25) is 14.4 Å². The van der Waals surface area contributed by atoms with Gasteiger partial charge in [0.05, 0.1) is 18.7 Å². The highest BCUT2D eigenvalue weighted by molar-refractivity contribution is 5.85. The number of alkyl halides is 3. The molecule has 9 heteroatoms. The zero-order valence-electron chi connectivity index (χ0n) is 16.0. The molecule has 1 aliphatic carbocycles. The maximum absolute atomic E-state index is 13.3. The van der Waals surface area contributed by atoms with Crippen LogP contribution in [-0.4, -0.2) is 35.3 Å². The Morgan fingerprint density at radius 1 is 1.21 bits per heavy atom. The molecule has 3 aliphatic rings. The number of halogens is 3. The Bertz CT molecular complexity index is 813. The van der Waals surface area contributed by atoms with Gasteiger partial charge in [0.2, 0.25) is 0 Å². The van der Waals surface area contributed by atoms with Crippen molar-refractivity contribution in [3.05, 3.63) is 34.9 Å². The van der Waals surface area contributed by atoms with Gasteiger partial charge in [-0.1, -0.05) is 6.07 Å². The second-order valence-electron chi connectivity index (χ2n) is 7.84. The smallest absolute Gasteiger partial charge is 0.416 e. The van der Waals surface area contributed by atoms with Crippen molar-refractivity contribution in [3.8, 4) is 0 Å². The minimum Gasteiger partial charge on any atom is -0.460 e. The highest BCUT2D eigenvalue weighted by atomic mass is 19.4. The number of hydroxylamine groups is 2. The molecule has 0 aromatic heterocycles. The van der Waals surface area contributed by atoms with E-state index in [9.17, 15) is 22.8 Å². The van der Waals surface area contributed by atoms with Crippen molar-refractivity contribution < 1.29 is 37.1 Å². The van der Waals surface area contributed by atoms with E-state index in [0.717, 1.165) is 30.0 Å². The highest BCUT2D eigenvalue weighted by Crippen LogP contribution is 2.48. The molecule has 1 saturated heterocycles. The maximum atomic E-state index is 13.3. The molecule has 1 aromatic rings. The van der Waals surface area contributed by atoms with E-state index in [-0.39, 0.29) is 31.6 Å². The normalized spacial score (nSPS) is 27.3. The summed E-state index contributed by atoms with van der Waals surface area (Å²) in [6, 6.07) is 3.47. The molecule has 4 rings (SSSR count). The third-order valence-corrected chi connectivity index (χ3v) is 5.75. The first-order chi connectivity index (χ1) is 13.7. The standard InChI is InChI=1S/C20H22F3NO5/c1-12(25)29-17-6-7-19(27-11-17,15-4-5-15)18(26)24-9-14-8-16(20(21,22)23)3-2-13(14)10-28-24/h2-3,8,15,17H,4-7,9-11H2,1H3/t17?,19-/m0/s1. The summed E-state index contributed by atoms with van der Waals surface area (Å²) >= 11 is 0. The Morgan fingerprint density at radius 3 is 2.55 bits per heavy atom. The van der Waals surface area contributed by atoms with Crippen LogP contribution in [0.3, 0.4) is 0 Å². The summed E-state index contributed by atoms with van der Waals surface area (Å²) < 4.78 is 50.2. The average molecular weight is 413 g/mol. The number of carbonyl (C=O) groups is 2. The first-order valence-electron chi connectivity index (χ1n) is 9.64. The van der Waals surface area contributed by atoms with Gasteiger partial charge in [0, 0.05) is 6.92 Å². The molecule has 29 heavy (non-hydrogen) atoms. The summed E-state index contributed by atoms with van der Waals surface area (Å²) in [4.78, 5) is 30.1. The van der Waals surface area contributed by atoms with E-state index < -0.39 is 29.4 Å². The predicted molar refractivity (Wildman–Crippen MR) is 93.0 cm³/mol. The van der Waals surface area contributed by atoms with Crippen LogP contribution in [0.15, 0.2) is 18.2 Å². The summed E-state index contributed by atoms with van der Waals surface area (Å²) in [6.45, 7) is 1.39. The van der Waals surface area contributed by atoms with Crippen LogP contribution < -0.4 is 0 Å². The van der Waals surface area contributed by atoms with Crippen LogP contribution in [0.25, 0.3) is 0 Å². The second-order valence-corrected chi connectivity index (χ2v) is 7.84. The molecule has 1 aromatic carbocycles. The molecule has 0 radical (unpaired) electrons. The van der Waals surface area contributed by atoms with Gasteiger partial charge < -0.3 is 9.47 Å². The number of fused-ring (bicyclic) bond motifs is 1. The van der Waals surface area contributed by atoms with Gasteiger partial charge in [-0.15, -0.1) is 0 Å². The first kappa shape index (κ1) is 20.2. The average Bonchev–Trinajstić information content (AvgIpc) is 3.52. The lowest BCUT2D eigenvalue weighted by atomic mass is 9.86. The van der Waals surface area contributed by atoms with Gasteiger partial charge >= 0.3 is 12.1 Å². The summed E-state index contributed by atoms with van der Waals surface area (Å²) in [6.07, 6.45) is -2.30. The highest BCUT2D eigenvalue weighted by Gasteiger charge is 2.56. The number of carbonyl (C=O) groups excluding carboxylic acids is 2. The van der Waals surface area contributed by atoms with Gasteiger partial charge in [0.15, 0.2) is 5.60 Å². The predicted octanol–water partition coefficient (Wildman–Crippen LogP) is 3.37. The van der Waals surface area contributed by atoms with Crippen LogP contribution in [0, 0.1) is 5.92 Å². The Kier molecular flexibility index (Phi) is 5.06. The third kappa shape index (κ3) is 3.98. The van der Waals surface area contributed by atoms with E-state index in [1.807, 2.05) is 0 Å². The zero-order chi connectivity index (χ0) is 20.8. The van der Waals surface area contributed by atoms with Crippen LogP contribution in [0.5, 0.6) is 0 Å². The number of esters is 1. The molecule has 2 fully saturated rings. The van der Waals surface area contributed by atoms with Crippen LogP contribution in [0.4, 0.5) is 13.2 Å². The first-order valence-corrected chi connectivity index (χ1v) is 9.64. The van der Waals surface area contributed by atoms with E-state index in [0.29, 0.717) is 24.0 Å². The van der Waals surface area contributed by atoms with Gasteiger partial charge in [-0.05, 0) is 54.9 Å². The van der Waals surface area contributed by atoms with Crippen molar-refractivity contribution >= 4 is 11.9 Å². The number of hydrogen-bond acceptors (Lipinski definition) is 5. The van der Waals surface area contributed by atoms with Crippen molar-refractivity contribution in [2.24, 2.45) is 5.92 Å². The minimum absolute atomic E-state index is 0.0238. The molecule has 1 unspecified atom stereocenters. The monoisotopic (exact) mass is 413 g/mol. The van der Waals surface area contributed by atoms with Gasteiger partial charge in [-0.2, -0.15) is 13.2 Å². The molecule has 2 atom stereocenters. The van der Waals surface area contributed by atoms with Crippen molar-refractivity contribution in [1.29, 1.82) is 0 Å². The Morgan fingerprint density at radius 2 is 1.97 bits per heavy atom. The van der Waals surface area contributed by atoms with E-state index >= 15 is 0 Å². The summed E-state index contributed by atoms with van der Waals surface area (Å²) in [5.74, 6) is -0.732. The van der Waals surface area contributed by atoms with Gasteiger partial charge in [0.25, 0.3) is 5.91 Å². The quantitative estimate of drug-likeness (QED) is 0.711. The van der Waals surface area contributed by atoms with Gasteiger partial charge in [0.1, 0.15) is 12.7 Å². The molecular weight excluding hydrogens is 391 g/mol. The Hall–Kier alpha value is -2.13. The molecule has 1 saturated carbocycles. The van der Waals surface area contributed by atoms with Crippen molar-refractivity contribution in [2.45, 2.75) is 63.6 Å². The maximum Gasteiger partial charge on any atom is 0.416 e. The molecule has 0 N–H and O–H groups in total. The summed E-state index contributed by atoms with van der Waals surface area (Å²) in [5, 5.41) is 1.13. The largest absolute Gasteiger partial charge is 0.460 e. The minimum atomic E-state index is -4.45. The summed E-state index contributed by atoms with van der Waals surface area (Å²) in [7, 11) is 0. The molecule has 2 aliphatic heterocycles. The number of rotatable bonds is 3. The zero-order valence-corrected chi connectivity index (χ0v) is 16.0. The third-order valence-electron chi connectivity index (χ3n) is 5.75. The molecule has 0 spiro atoms. The number of amides is 1. The van der Waals surface area contributed by atoms with E-state index in [2.05, 4.69) is 0 Å². The fourth-order valence-electron chi connectivity index (χ4n) is 4.09. The van der Waals surface area contributed by atoms with Crippen molar-refractivity contribution in [3.63, 3.8) is 0 Å². The number of benzene rings is 1. The number of ether oxygens (including phenoxy) is 2. The lowest BCUT2D eigenvalue weighted by molar-refractivity contribution is -0.233. The van der Waals surface area contributed by atoms with Crippen LogP contribution in [-0.2, 0) is 43.2 Å². The van der Waals surface area contributed by atoms with Crippen LogP contribution in [0.1, 0.15) is 49.3 Å². The summed E-state index contributed by atoms with van der Waals surface area (Å²) in [5.41, 5.74) is -0.780. The van der Waals surface area contributed by atoms with Crippen LogP contribution >= 0.6 is 0 Å². The molecule has 0 bridgehead atoms. The van der Waals surface area contributed by atoms with E-state index in [1.54, 1.807) is 0 Å². The molecule has 6 nitrogen and oxygen atoms in total. The van der Waals surface area contributed by atoms with E-state index in [1.165, 1.54) is 13.0 Å².